The first-order valence-corrected chi connectivity index (χ1v) is 6.69. The molecule has 1 saturated heterocycles. The highest BCUT2D eigenvalue weighted by Gasteiger charge is 2.42. The van der Waals surface area contributed by atoms with Gasteiger partial charge >= 0.3 is 0 Å². The Bertz CT molecular complexity index is 587. The Morgan fingerprint density at radius 1 is 1.11 bits per heavy atom. The number of hydrogen-bond acceptors (Lipinski definition) is 2. The van der Waals surface area contributed by atoms with E-state index in [0.29, 0.717) is 6.54 Å². The molecule has 0 aromatic heterocycles. The molecule has 0 atom stereocenters. The van der Waals surface area contributed by atoms with Crippen molar-refractivity contribution < 1.29 is 4.74 Å². The minimum Gasteiger partial charge on any atom is -0.379 e. The van der Waals surface area contributed by atoms with Gasteiger partial charge in [0.2, 0.25) is 0 Å². The fourth-order valence-electron chi connectivity index (χ4n) is 2.89. The maximum atomic E-state index is 5.76. The molecule has 0 amide bonds. The molecule has 2 heteroatoms. The minimum atomic E-state index is 0.0104. The van der Waals surface area contributed by atoms with Crippen LogP contribution in [0.5, 0.6) is 0 Å². The second kappa shape index (κ2) is 4.80. The molecule has 0 unspecified atom stereocenters. The Labute approximate surface area is 114 Å². The lowest BCUT2D eigenvalue weighted by molar-refractivity contribution is -0.0383. The van der Waals surface area contributed by atoms with E-state index in [2.05, 4.69) is 55.5 Å². The number of ether oxygens (including phenoxy) is 1. The van der Waals surface area contributed by atoms with E-state index in [1.807, 2.05) is 0 Å². The zero-order valence-corrected chi connectivity index (χ0v) is 11.2. The second-order valence-corrected chi connectivity index (χ2v) is 5.29. The maximum absolute atomic E-state index is 5.76. The van der Waals surface area contributed by atoms with Crippen molar-refractivity contribution in [3.05, 3.63) is 70.8 Å². The van der Waals surface area contributed by atoms with E-state index in [9.17, 15) is 0 Å². The lowest BCUT2D eigenvalue weighted by Crippen LogP contribution is -2.48. The van der Waals surface area contributed by atoms with Crippen LogP contribution in [0, 0.1) is 6.92 Å². The van der Waals surface area contributed by atoms with Gasteiger partial charge in [-0.25, -0.2) is 0 Å². The third kappa shape index (κ3) is 1.97. The first kappa shape index (κ1) is 12.4. The average Bonchev–Trinajstić information content (AvgIpc) is 2.40. The van der Waals surface area contributed by atoms with Crippen LogP contribution >= 0.6 is 0 Å². The molecule has 0 radical (unpaired) electrons. The molecule has 2 N–H and O–H groups in total. The van der Waals surface area contributed by atoms with Crippen LogP contribution in [-0.4, -0.2) is 13.2 Å². The molecule has 19 heavy (non-hydrogen) atoms. The molecule has 2 aromatic carbocycles. The van der Waals surface area contributed by atoms with Crippen molar-refractivity contribution in [1.29, 1.82) is 0 Å². The van der Waals surface area contributed by atoms with Gasteiger partial charge in [0.15, 0.2) is 0 Å². The SMILES string of the molecule is Cc1ccccc1C1(c2cccc(CN)c2)COC1. The van der Waals surface area contributed by atoms with Gasteiger partial charge in [0.25, 0.3) is 0 Å². The Balaban J connectivity index is 2.11. The summed E-state index contributed by atoms with van der Waals surface area (Å²) in [6, 6.07) is 17.2. The molecule has 0 aliphatic carbocycles. The fourth-order valence-corrected chi connectivity index (χ4v) is 2.89. The predicted molar refractivity (Wildman–Crippen MR) is 77.1 cm³/mol. The van der Waals surface area contributed by atoms with E-state index in [4.69, 9.17) is 10.5 Å². The van der Waals surface area contributed by atoms with Gasteiger partial charge in [-0.1, -0.05) is 48.5 Å². The maximum Gasteiger partial charge on any atom is 0.0672 e. The highest BCUT2D eigenvalue weighted by Crippen LogP contribution is 2.40. The van der Waals surface area contributed by atoms with Gasteiger partial charge in [-0.2, -0.15) is 0 Å². The summed E-state index contributed by atoms with van der Waals surface area (Å²) >= 11 is 0. The van der Waals surface area contributed by atoms with Crippen molar-refractivity contribution in [2.24, 2.45) is 5.73 Å². The van der Waals surface area contributed by atoms with Crippen LogP contribution in [-0.2, 0) is 16.7 Å². The lowest BCUT2D eigenvalue weighted by Gasteiger charge is -2.43. The Kier molecular flexibility index (Phi) is 3.13. The van der Waals surface area contributed by atoms with Gasteiger partial charge < -0.3 is 10.5 Å². The molecular weight excluding hydrogens is 234 g/mol. The molecular formula is C17H19NO. The second-order valence-electron chi connectivity index (χ2n) is 5.29. The smallest absolute Gasteiger partial charge is 0.0672 e. The molecule has 1 aliphatic rings. The first-order valence-electron chi connectivity index (χ1n) is 6.69. The Hall–Kier alpha value is -1.64. The van der Waals surface area contributed by atoms with Crippen LogP contribution in [0.15, 0.2) is 48.5 Å². The molecule has 0 spiro atoms. The van der Waals surface area contributed by atoms with E-state index in [1.54, 1.807) is 0 Å². The summed E-state index contributed by atoms with van der Waals surface area (Å²) in [6.07, 6.45) is 0. The van der Waals surface area contributed by atoms with E-state index in [-0.39, 0.29) is 5.41 Å². The van der Waals surface area contributed by atoms with Crippen molar-refractivity contribution in [1.82, 2.24) is 0 Å². The monoisotopic (exact) mass is 253 g/mol. The number of hydrogen-bond donors (Lipinski definition) is 1. The van der Waals surface area contributed by atoms with Crippen LogP contribution in [0.4, 0.5) is 0 Å². The molecule has 2 nitrogen and oxygen atoms in total. The topological polar surface area (TPSA) is 35.2 Å². The van der Waals surface area contributed by atoms with Gasteiger partial charge in [-0.15, -0.1) is 0 Å². The van der Waals surface area contributed by atoms with Crippen molar-refractivity contribution in [3.8, 4) is 0 Å². The molecule has 1 heterocycles. The average molecular weight is 253 g/mol. The fraction of sp³-hybridized carbons (Fsp3) is 0.294. The van der Waals surface area contributed by atoms with Crippen molar-refractivity contribution >= 4 is 0 Å². The Morgan fingerprint density at radius 2 is 1.89 bits per heavy atom. The molecule has 2 aromatic rings. The van der Waals surface area contributed by atoms with Gasteiger partial charge in [0.05, 0.1) is 18.6 Å². The third-order valence-electron chi connectivity index (χ3n) is 4.07. The van der Waals surface area contributed by atoms with Crippen molar-refractivity contribution in [2.75, 3.05) is 13.2 Å². The van der Waals surface area contributed by atoms with Gasteiger partial charge in [0, 0.05) is 6.54 Å². The normalized spacial score (nSPS) is 16.9. The van der Waals surface area contributed by atoms with E-state index >= 15 is 0 Å². The van der Waals surface area contributed by atoms with Crippen LogP contribution in [0.3, 0.4) is 0 Å². The summed E-state index contributed by atoms with van der Waals surface area (Å²) < 4.78 is 5.54. The summed E-state index contributed by atoms with van der Waals surface area (Å²) in [4.78, 5) is 0. The zero-order chi connectivity index (χ0) is 13.3. The molecule has 0 saturated carbocycles. The van der Waals surface area contributed by atoms with Gasteiger partial charge in [-0.05, 0) is 29.2 Å². The number of benzene rings is 2. The van der Waals surface area contributed by atoms with Crippen molar-refractivity contribution in [3.63, 3.8) is 0 Å². The largest absolute Gasteiger partial charge is 0.379 e. The number of rotatable bonds is 3. The summed E-state index contributed by atoms with van der Waals surface area (Å²) in [5, 5.41) is 0. The van der Waals surface area contributed by atoms with Gasteiger partial charge in [-0.3, -0.25) is 0 Å². The summed E-state index contributed by atoms with van der Waals surface area (Å²) in [5.41, 5.74) is 11.0. The van der Waals surface area contributed by atoms with Gasteiger partial charge in [0.1, 0.15) is 0 Å². The number of aryl methyl sites for hydroxylation is 1. The highest BCUT2D eigenvalue weighted by molar-refractivity contribution is 5.46. The highest BCUT2D eigenvalue weighted by atomic mass is 16.5. The van der Waals surface area contributed by atoms with E-state index < -0.39 is 0 Å². The van der Waals surface area contributed by atoms with E-state index in [1.165, 1.54) is 22.3 Å². The molecule has 0 bridgehead atoms. The zero-order valence-electron chi connectivity index (χ0n) is 11.2. The number of nitrogens with two attached hydrogens (primary N) is 1. The van der Waals surface area contributed by atoms with Crippen LogP contribution in [0.25, 0.3) is 0 Å². The first-order chi connectivity index (χ1) is 9.26. The van der Waals surface area contributed by atoms with Crippen LogP contribution in [0.1, 0.15) is 22.3 Å². The predicted octanol–water partition coefficient (Wildman–Crippen LogP) is 2.77. The van der Waals surface area contributed by atoms with Crippen molar-refractivity contribution in [2.45, 2.75) is 18.9 Å². The summed E-state index contributed by atoms with van der Waals surface area (Å²) in [6.45, 7) is 4.26. The molecule has 98 valence electrons. The van der Waals surface area contributed by atoms with Crippen LogP contribution < -0.4 is 5.73 Å². The molecule has 1 fully saturated rings. The molecule has 3 rings (SSSR count). The third-order valence-corrected chi connectivity index (χ3v) is 4.07. The summed E-state index contributed by atoms with van der Waals surface area (Å²) in [7, 11) is 0. The molecule has 1 aliphatic heterocycles. The lowest BCUT2D eigenvalue weighted by atomic mass is 9.71. The Morgan fingerprint density at radius 3 is 2.53 bits per heavy atom. The quantitative estimate of drug-likeness (QED) is 0.913. The van der Waals surface area contributed by atoms with E-state index in [0.717, 1.165) is 13.2 Å². The summed E-state index contributed by atoms with van der Waals surface area (Å²) in [5.74, 6) is 0. The standard InChI is InChI=1S/C17H19NO/c1-13-5-2-3-8-16(13)17(11-19-12-17)15-7-4-6-14(9-15)10-18/h2-9H,10-12,18H2,1H3. The van der Waals surface area contributed by atoms with Crippen LogP contribution in [0.2, 0.25) is 0 Å². The minimum absolute atomic E-state index is 0.0104.